The molecule has 0 aromatic heterocycles. The summed E-state index contributed by atoms with van der Waals surface area (Å²) in [6, 6.07) is 0. The zero-order valence-corrected chi connectivity index (χ0v) is 9.59. The van der Waals surface area contributed by atoms with E-state index in [2.05, 4.69) is 47.0 Å². The highest BCUT2D eigenvalue weighted by atomic mass is 32.2. The molecule has 0 saturated carbocycles. The van der Waals surface area contributed by atoms with Crippen LogP contribution in [0.1, 0.15) is 0 Å². The Balaban J connectivity index is 1.82. The van der Waals surface area contributed by atoms with E-state index in [9.17, 15) is 0 Å². The van der Waals surface area contributed by atoms with E-state index in [1.807, 2.05) is 0 Å². The van der Waals surface area contributed by atoms with Crippen LogP contribution in [0.2, 0.25) is 0 Å². The molecular weight excluding hydrogens is 212 g/mol. The first-order chi connectivity index (χ1) is 5.47. The highest BCUT2D eigenvalue weighted by Gasteiger charge is 2.28. The smallest absolute Gasteiger partial charge is 0.0629 e. The average Bonchev–Trinajstić information content (AvgIpc) is 2.58. The van der Waals surface area contributed by atoms with Gasteiger partial charge in [-0.25, -0.2) is 0 Å². The first-order valence-electron chi connectivity index (χ1n) is 3.89. The number of hydrogen-bond donors (Lipinski definition) is 0. The molecule has 64 valence electrons. The lowest BCUT2D eigenvalue weighted by Crippen LogP contribution is -2.22. The topological polar surface area (TPSA) is 0 Å². The third kappa shape index (κ3) is 2.42. The molecule has 2 saturated heterocycles. The standard InChI is InChI=1S/C7H12S4/c1-2-9-6(5-8-1)7-10-3-4-11-7/h6-7H,1-5H2. The van der Waals surface area contributed by atoms with Crippen molar-refractivity contribution in [1.82, 2.24) is 0 Å². The number of rotatable bonds is 1. The maximum Gasteiger partial charge on any atom is 0.0629 e. The lowest BCUT2D eigenvalue weighted by atomic mass is 10.5. The monoisotopic (exact) mass is 224 g/mol. The molecule has 2 heterocycles. The maximum absolute atomic E-state index is 2.20. The van der Waals surface area contributed by atoms with Crippen molar-refractivity contribution in [2.24, 2.45) is 0 Å². The quantitative estimate of drug-likeness (QED) is 0.671. The Labute approximate surface area is 85.4 Å². The summed E-state index contributed by atoms with van der Waals surface area (Å²) in [7, 11) is 0. The maximum atomic E-state index is 2.20. The van der Waals surface area contributed by atoms with Gasteiger partial charge in [0.25, 0.3) is 0 Å². The molecule has 0 aromatic carbocycles. The van der Waals surface area contributed by atoms with Gasteiger partial charge >= 0.3 is 0 Å². The average molecular weight is 224 g/mol. The second-order valence-corrected chi connectivity index (χ2v) is 7.89. The Morgan fingerprint density at radius 1 is 0.818 bits per heavy atom. The molecule has 2 rings (SSSR count). The van der Waals surface area contributed by atoms with Gasteiger partial charge in [-0.3, -0.25) is 0 Å². The van der Waals surface area contributed by atoms with Crippen molar-refractivity contribution in [2.45, 2.75) is 9.83 Å². The van der Waals surface area contributed by atoms with Gasteiger partial charge in [0.1, 0.15) is 0 Å². The Kier molecular flexibility index (Phi) is 3.74. The fourth-order valence-electron chi connectivity index (χ4n) is 1.25. The summed E-state index contributed by atoms with van der Waals surface area (Å²) in [5.74, 6) is 6.93. The summed E-state index contributed by atoms with van der Waals surface area (Å²) in [5.41, 5.74) is 0. The first kappa shape index (κ1) is 8.97. The summed E-state index contributed by atoms with van der Waals surface area (Å²) >= 11 is 8.70. The molecule has 0 bridgehead atoms. The van der Waals surface area contributed by atoms with E-state index < -0.39 is 0 Å². The fourth-order valence-corrected chi connectivity index (χ4v) is 7.84. The van der Waals surface area contributed by atoms with Gasteiger partial charge in [0.05, 0.1) is 4.58 Å². The van der Waals surface area contributed by atoms with Gasteiger partial charge in [-0.1, -0.05) is 0 Å². The molecule has 0 N–H and O–H groups in total. The van der Waals surface area contributed by atoms with Gasteiger partial charge in [-0.05, 0) is 0 Å². The molecule has 11 heavy (non-hydrogen) atoms. The van der Waals surface area contributed by atoms with Crippen molar-refractivity contribution in [3.8, 4) is 0 Å². The minimum atomic E-state index is 0.924. The van der Waals surface area contributed by atoms with Gasteiger partial charge in [0.15, 0.2) is 0 Å². The predicted molar refractivity (Wildman–Crippen MR) is 62.3 cm³/mol. The van der Waals surface area contributed by atoms with Crippen molar-refractivity contribution in [2.75, 3.05) is 28.8 Å². The lowest BCUT2D eigenvalue weighted by Gasteiger charge is -2.24. The molecule has 0 aliphatic carbocycles. The van der Waals surface area contributed by atoms with Crippen LogP contribution < -0.4 is 0 Å². The third-order valence-corrected chi connectivity index (χ3v) is 8.27. The molecule has 2 aliphatic rings. The van der Waals surface area contributed by atoms with Crippen LogP contribution in [0.4, 0.5) is 0 Å². The van der Waals surface area contributed by atoms with Gasteiger partial charge in [0.2, 0.25) is 0 Å². The van der Waals surface area contributed by atoms with Crippen molar-refractivity contribution >= 4 is 47.0 Å². The van der Waals surface area contributed by atoms with Gasteiger partial charge in [0, 0.05) is 34.0 Å². The molecule has 0 spiro atoms. The third-order valence-electron chi connectivity index (χ3n) is 1.79. The predicted octanol–water partition coefficient (Wildman–Crippen LogP) is 2.64. The van der Waals surface area contributed by atoms with Crippen molar-refractivity contribution < 1.29 is 0 Å². The zero-order chi connectivity index (χ0) is 7.52. The summed E-state index contributed by atoms with van der Waals surface area (Å²) in [6.07, 6.45) is 0. The van der Waals surface area contributed by atoms with Gasteiger partial charge in [-0.15, -0.1) is 23.5 Å². The van der Waals surface area contributed by atoms with E-state index in [1.54, 1.807) is 0 Å². The Morgan fingerprint density at radius 3 is 2.18 bits per heavy atom. The minimum Gasteiger partial charge on any atom is -0.160 e. The van der Waals surface area contributed by atoms with Crippen LogP contribution in [0.5, 0.6) is 0 Å². The first-order valence-corrected chi connectivity index (χ1v) is 8.19. The summed E-state index contributed by atoms with van der Waals surface area (Å²) in [4.78, 5) is 0. The molecule has 0 amide bonds. The molecule has 0 radical (unpaired) electrons. The largest absolute Gasteiger partial charge is 0.160 e. The zero-order valence-electron chi connectivity index (χ0n) is 6.32. The highest BCUT2D eigenvalue weighted by molar-refractivity contribution is 8.21. The van der Waals surface area contributed by atoms with Crippen LogP contribution in [-0.4, -0.2) is 38.6 Å². The van der Waals surface area contributed by atoms with E-state index in [-0.39, 0.29) is 0 Å². The molecule has 2 fully saturated rings. The molecule has 1 atom stereocenters. The van der Waals surface area contributed by atoms with E-state index in [4.69, 9.17) is 0 Å². The van der Waals surface area contributed by atoms with Gasteiger partial charge < -0.3 is 0 Å². The highest BCUT2D eigenvalue weighted by Crippen LogP contribution is 2.41. The second kappa shape index (κ2) is 4.58. The van der Waals surface area contributed by atoms with Crippen molar-refractivity contribution in [3.05, 3.63) is 0 Å². The molecule has 1 unspecified atom stereocenters. The Hall–Kier alpha value is 1.40. The second-order valence-electron chi connectivity index (χ2n) is 2.59. The van der Waals surface area contributed by atoms with E-state index in [1.165, 1.54) is 28.8 Å². The van der Waals surface area contributed by atoms with Crippen LogP contribution in [0, 0.1) is 0 Å². The summed E-state index contributed by atoms with van der Waals surface area (Å²) in [6.45, 7) is 0. The van der Waals surface area contributed by atoms with Crippen LogP contribution in [0.3, 0.4) is 0 Å². The summed E-state index contributed by atoms with van der Waals surface area (Å²) < 4.78 is 0.924. The lowest BCUT2D eigenvalue weighted by molar-refractivity contribution is 1.09. The Morgan fingerprint density at radius 2 is 1.55 bits per heavy atom. The molecule has 0 aromatic rings. The fraction of sp³-hybridized carbons (Fsp3) is 1.00. The van der Waals surface area contributed by atoms with E-state index >= 15 is 0 Å². The van der Waals surface area contributed by atoms with Crippen molar-refractivity contribution in [3.63, 3.8) is 0 Å². The van der Waals surface area contributed by atoms with Crippen LogP contribution >= 0.6 is 47.0 Å². The Bertz CT molecular complexity index is 116. The molecule has 0 nitrogen and oxygen atoms in total. The van der Waals surface area contributed by atoms with Crippen LogP contribution in [-0.2, 0) is 0 Å². The number of hydrogen-bond acceptors (Lipinski definition) is 4. The van der Waals surface area contributed by atoms with E-state index in [0.717, 1.165) is 9.83 Å². The SMILES string of the molecule is C1CSC(C2SCCS2)CS1. The molecule has 4 heteroatoms. The van der Waals surface area contributed by atoms with Crippen LogP contribution in [0.25, 0.3) is 0 Å². The van der Waals surface area contributed by atoms with Crippen LogP contribution in [0.15, 0.2) is 0 Å². The normalized spacial score (nSPS) is 34.4. The molecular formula is C7H12S4. The van der Waals surface area contributed by atoms with Gasteiger partial charge in [-0.2, -0.15) is 23.5 Å². The van der Waals surface area contributed by atoms with Crippen molar-refractivity contribution in [1.29, 1.82) is 0 Å². The number of thioether (sulfide) groups is 4. The summed E-state index contributed by atoms with van der Waals surface area (Å²) in [5, 5.41) is 0.950. The molecule has 2 aliphatic heterocycles. The minimum absolute atomic E-state index is 0.924. The van der Waals surface area contributed by atoms with E-state index in [0.29, 0.717) is 0 Å².